The molecule has 2 heteroatoms. The van der Waals surface area contributed by atoms with Gasteiger partial charge in [0.25, 0.3) is 0 Å². The molecule has 1 unspecified atom stereocenters. The van der Waals surface area contributed by atoms with Gasteiger partial charge in [0.15, 0.2) is 0 Å². The molecule has 1 saturated heterocycles. The summed E-state index contributed by atoms with van der Waals surface area (Å²) in [5.41, 5.74) is 2.71. The van der Waals surface area contributed by atoms with Crippen molar-refractivity contribution >= 4 is 5.69 Å². The van der Waals surface area contributed by atoms with Gasteiger partial charge in [0.2, 0.25) is 0 Å². The van der Waals surface area contributed by atoms with Crippen LogP contribution < -0.4 is 10.2 Å². The van der Waals surface area contributed by atoms with E-state index in [9.17, 15) is 0 Å². The molecule has 1 atom stereocenters. The molecule has 0 radical (unpaired) electrons. The van der Waals surface area contributed by atoms with Crippen LogP contribution in [-0.4, -0.2) is 25.7 Å². The highest BCUT2D eigenvalue weighted by Gasteiger charge is 2.13. The minimum absolute atomic E-state index is 0.591. The van der Waals surface area contributed by atoms with Crippen LogP contribution in [-0.2, 0) is 0 Å². The lowest BCUT2D eigenvalue weighted by atomic mass is 10.2. The second-order valence-electron chi connectivity index (χ2n) is 4.49. The van der Waals surface area contributed by atoms with Gasteiger partial charge in [-0.3, -0.25) is 0 Å². The van der Waals surface area contributed by atoms with E-state index >= 15 is 0 Å². The summed E-state index contributed by atoms with van der Waals surface area (Å²) in [5, 5.41) is 3.52. The zero-order valence-corrected chi connectivity index (χ0v) is 9.66. The summed E-state index contributed by atoms with van der Waals surface area (Å²) < 4.78 is 0. The van der Waals surface area contributed by atoms with Gasteiger partial charge in [0.05, 0.1) is 0 Å². The second-order valence-corrected chi connectivity index (χ2v) is 4.49. The van der Waals surface area contributed by atoms with E-state index in [-0.39, 0.29) is 0 Å². The SMILES string of the molecule is Cc1cccc(N2CCCNC(C)C2)c1. The third kappa shape index (κ3) is 2.72. The van der Waals surface area contributed by atoms with Crippen LogP contribution in [0.2, 0.25) is 0 Å². The van der Waals surface area contributed by atoms with Crippen LogP contribution in [0, 0.1) is 6.92 Å². The van der Waals surface area contributed by atoms with Crippen LogP contribution in [0.3, 0.4) is 0 Å². The highest BCUT2D eigenvalue weighted by molar-refractivity contribution is 5.48. The summed E-state index contributed by atoms with van der Waals surface area (Å²) in [7, 11) is 0. The minimum atomic E-state index is 0.591. The Balaban J connectivity index is 2.14. The van der Waals surface area contributed by atoms with E-state index in [1.54, 1.807) is 0 Å². The quantitative estimate of drug-likeness (QED) is 0.754. The lowest BCUT2D eigenvalue weighted by molar-refractivity contribution is 0.585. The number of nitrogens with one attached hydrogen (secondary N) is 1. The Kier molecular flexibility index (Phi) is 3.27. The van der Waals surface area contributed by atoms with Crippen molar-refractivity contribution in [2.45, 2.75) is 26.3 Å². The van der Waals surface area contributed by atoms with Crippen LogP contribution in [0.25, 0.3) is 0 Å². The molecule has 0 amide bonds. The number of rotatable bonds is 1. The Morgan fingerprint density at radius 2 is 2.27 bits per heavy atom. The molecule has 0 spiro atoms. The molecule has 82 valence electrons. The zero-order valence-electron chi connectivity index (χ0n) is 9.66. The van der Waals surface area contributed by atoms with Gasteiger partial charge in [-0.25, -0.2) is 0 Å². The maximum absolute atomic E-state index is 3.52. The largest absolute Gasteiger partial charge is 0.370 e. The molecule has 0 aliphatic carbocycles. The van der Waals surface area contributed by atoms with E-state index in [1.165, 1.54) is 24.2 Å². The van der Waals surface area contributed by atoms with E-state index in [0.717, 1.165) is 13.1 Å². The monoisotopic (exact) mass is 204 g/mol. The molecule has 2 rings (SSSR count). The van der Waals surface area contributed by atoms with Crippen LogP contribution in [0.5, 0.6) is 0 Å². The summed E-state index contributed by atoms with van der Waals surface area (Å²) in [6.07, 6.45) is 1.23. The van der Waals surface area contributed by atoms with Crippen molar-refractivity contribution in [1.29, 1.82) is 0 Å². The number of hydrogen-bond acceptors (Lipinski definition) is 2. The van der Waals surface area contributed by atoms with Crippen molar-refractivity contribution in [3.8, 4) is 0 Å². The Morgan fingerprint density at radius 1 is 1.40 bits per heavy atom. The van der Waals surface area contributed by atoms with E-state index in [4.69, 9.17) is 0 Å². The number of anilines is 1. The molecule has 2 nitrogen and oxygen atoms in total. The standard InChI is InChI=1S/C13H20N2/c1-11-5-3-6-13(9-11)15-8-4-7-14-12(2)10-15/h3,5-6,9,12,14H,4,7-8,10H2,1-2H3. The molecule has 1 aromatic carbocycles. The maximum Gasteiger partial charge on any atom is 0.0369 e. The topological polar surface area (TPSA) is 15.3 Å². The normalized spacial score (nSPS) is 22.5. The number of benzene rings is 1. The molecule has 0 bridgehead atoms. The van der Waals surface area contributed by atoms with Gasteiger partial charge >= 0.3 is 0 Å². The van der Waals surface area contributed by atoms with E-state index in [0.29, 0.717) is 6.04 Å². The maximum atomic E-state index is 3.52. The molecule has 1 aromatic rings. The van der Waals surface area contributed by atoms with Crippen molar-refractivity contribution in [2.75, 3.05) is 24.5 Å². The van der Waals surface area contributed by atoms with Gasteiger partial charge < -0.3 is 10.2 Å². The van der Waals surface area contributed by atoms with Crippen LogP contribution >= 0.6 is 0 Å². The third-order valence-corrected chi connectivity index (χ3v) is 2.96. The molecule has 1 fully saturated rings. The van der Waals surface area contributed by atoms with Crippen molar-refractivity contribution in [2.24, 2.45) is 0 Å². The third-order valence-electron chi connectivity index (χ3n) is 2.96. The van der Waals surface area contributed by atoms with Crippen LogP contribution in [0.1, 0.15) is 18.9 Å². The van der Waals surface area contributed by atoms with Crippen LogP contribution in [0.4, 0.5) is 5.69 Å². The lowest BCUT2D eigenvalue weighted by Crippen LogP contribution is -2.35. The van der Waals surface area contributed by atoms with Gasteiger partial charge in [-0.1, -0.05) is 12.1 Å². The van der Waals surface area contributed by atoms with E-state index < -0.39 is 0 Å². The van der Waals surface area contributed by atoms with E-state index in [2.05, 4.69) is 48.3 Å². The van der Waals surface area contributed by atoms with Crippen molar-refractivity contribution in [3.63, 3.8) is 0 Å². The number of nitrogens with zero attached hydrogens (tertiary/aromatic N) is 1. The molecule has 1 aliphatic heterocycles. The zero-order chi connectivity index (χ0) is 10.7. The van der Waals surface area contributed by atoms with Gasteiger partial charge in [-0.2, -0.15) is 0 Å². The Bertz CT molecular complexity index is 322. The molecule has 1 N–H and O–H groups in total. The number of aryl methyl sites for hydroxylation is 1. The second kappa shape index (κ2) is 4.67. The molecule has 1 heterocycles. The summed E-state index contributed by atoms with van der Waals surface area (Å²) in [4.78, 5) is 2.48. The average Bonchev–Trinajstić information content (AvgIpc) is 2.43. The predicted molar refractivity (Wildman–Crippen MR) is 65.5 cm³/mol. The van der Waals surface area contributed by atoms with Crippen molar-refractivity contribution in [3.05, 3.63) is 29.8 Å². The fourth-order valence-corrected chi connectivity index (χ4v) is 2.16. The predicted octanol–water partition coefficient (Wildman–Crippen LogP) is 2.18. The summed E-state index contributed by atoms with van der Waals surface area (Å²) in [5.74, 6) is 0. The molecule has 1 aliphatic rings. The van der Waals surface area contributed by atoms with Gasteiger partial charge in [-0.15, -0.1) is 0 Å². The minimum Gasteiger partial charge on any atom is -0.370 e. The van der Waals surface area contributed by atoms with E-state index in [1.807, 2.05) is 0 Å². The molecule has 0 saturated carbocycles. The fraction of sp³-hybridized carbons (Fsp3) is 0.538. The van der Waals surface area contributed by atoms with Gasteiger partial charge in [-0.05, 0) is 44.5 Å². The van der Waals surface area contributed by atoms with Gasteiger partial charge in [0, 0.05) is 24.8 Å². The first-order valence-electron chi connectivity index (χ1n) is 5.81. The first kappa shape index (κ1) is 10.5. The van der Waals surface area contributed by atoms with Gasteiger partial charge in [0.1, 0.15) is 0 Å². The first-order chi connectivity index (χ1) is 7.25. The Labute approximate surface area is 92.3 Å². The Hall–Kier alpha value is -1.02. The fourth-order valence-electron chi connectivity index (χ4n) is 2.16. The summed E-state index contributed by atoms with van der Waals surface area (Å²) in [6.45, 7) is 7.84. The first-order valence-corrected chi connectivity index (χ1v) is 5.81. The average molecular weight is 204 g/mol. The van der Waals surface area contributed by atoms with Crippen molar-refractivity contribution in [1.82, 2.24) is 5.32 Å². The molecular weight excluding hydrogens is 184 g/mol. The lowest BCUT2D eigenvalue weighted by Gasteiger charge is -2.25. The summed E-state index contributed by atoms with van der Waals surface area (Å²) in [6, 6.07) is 9.38. The Morgan fingerprint density at radius 3 is 3.07 bits per heavy atom. The molecule has 15 heavy (non-hydrogen) atoms. The van der Waals surface area contributed by atoms with Crippen molar-refractivity contribution < 1.29 is 0 Å². The van der Waals surface area contributed by atoms with Crippen LogP contribution in [0.15, 0.2) is 24.3 Å². The molecular formula is C13H20N2. The highest BCUT2D eigenvalue weighted by Crippen LogP contribution is 2.17. The summed E-state index contributed by atoms with van der Waals surface area (Å²) >= 11 is 0. The highest BCUT2D eigenvalue weighted by atomic mass is 15.2. The smallest absolute Gasteiger partial charge is 0.0369 e. The molecule has 0 aromatic heterocycles. The number of hydrogen-bond donors (Lipinski definition) is 1.